The Morgan fingerprint density at radius 3 is 2.81 bits per heavy atom. The fraction of sp³-hybridized carbons (Fsp3) is 0.562. The number of nitrogens with one attached hydrogen (secondary N) is 2. The molecular weight excluding hydrogens is 268 g/mol. The van der Waals surface area contributed by atoms with Crippen molar-refractivity contribution in [2.24, 2.45) is 5.92 Å². The Morgan fingerprint density at radius 2 is 2.14 bits per heavy atom. The van der Waals surface area contributed by atoms with Gasteiger partial charge >= 0.3 is 0 Å². The van der Waals surface area contributed by atoms with Crippen molar-refractivity contribution < 1.29 is 14.6 Å². The van der Waals surface area contributed by atoms with Gasteiger partial charge in [0.15, 0.2) is 11.5 Å². The van der Waals surface area contributed by atoms with Crippen molar-refractivity contribution in [1.29, 1.82) is 0 Å². The number of ether oxygens (including phenoxy) is 1. The maximum atomic E-state index is 11.5. The van der Waals surface area contributed by atoms with E-state index in [1.165, 1.54) is 0 Å². The van der Waals surface area contributed by atoms with Crippen LogP contribution in [0.2, 0.25) is 0 Å². The van der Waals surface area contributed by atoms with Gasteiger partial charge in [0.1, 0.15) is 0 Å². The number of carbonyl (C=O) groups excluding carboxylic acids is 1. The molecule has 0 aliphatic heterocycles. The zero-order valence-corrected chi connectivity index (χ0v) is 13.1. The lowest BCUT2D eigenvalue weighted by molar-refractivity contribution is -0.121. The minimum atomic E-state index is 0.0666. The van der Waals surface area contributed by atoms with Crippen LogP contribution in [0, 0.1) is 5.92 Å². The Bertz CT molecular complexity index is 447. The Morgan fingerprint density at radius 1 is 1.38 bits per heavy atom. The molecule has 5 heteroatoms. The van der Waals surface area contributed by atoms with E-state index < -0.39 is 0 Å². The third-order valence-electron chi connectivity index (χ3n) is 2.89. The zero-order valence-electron chi connectivity index (χ0n) is 13.1. The second kappa shape index (κ2) is 9.23. The summed E-state index contributed by atoms with van der Waals surface area (Å²) in [6, 6.07) is 5.27. The van der Waals surface area contributed by atoms with Gasteiger partial charge in [0.05, 0.1) is 6.61 Å². The molecule has 0 atom stereocenters. The summed E-state index contributed by atoms with van der Waals surface area (Å²) in [5, 5.41) is 15.7. The maximum Gasteiger partial charge on any atom is 0.221 e. The smallest absolute Gasteiger partial charge is 0.221 e. The molecule has 0 heterocycles. The van der Waals surface area contributed by atoms with E-state index in [-0.39, 0.29) is 11.7 Å². The lowest BCUT2D eigenvalue weighted by Crippen LogP contribution is -2.30. The highest BCUT2D eigenvalue weighted by Gasteiger charge is 2.04. The summed E-state index contributed by atoms with van der Waals surface area (Å²) in [5.74, 6) is 1.17. The van der Waals surface area contributed by atoms with E-state index in [0.29, 0.717) is 44.3 Å². The van der Waals surface area contributed by atoms with Crippen molar-refractivity contribution in [2.45, 2.75) is 33.7 Å². The second-order valence-corrected chi connectivity index (χ2v) is 5.36. The predicted octanol–water partition coefficient (Wildman–Crippen LogP) is 2.04. The molecule has 0 bridgehead atoms. The van der Waals surface area contributed by atoms with Gasteiger partial charge < -0.3 is 20.5 Å². The van der Waals surface area contributed by atoms with Crippen LogP contribution in [0.25, 0.3) is 0 Å². The van der Waals surface area contributed by atoms with E-state index in [1.807, 2.05) is 19.1 Å². The molecule has 3 N–H and O–H groups in total. The van der Waals surface area contributed by atoms with Crippen LogP contribution in [-0.4, -0.2) is 30.7 Å². The number of aromatic hydroxyl groups is 1. The molecule has 0 fully saturated rings. The second-order valence-electron chi connectivity index (χ2n) is 5.36. The Labute approximate surface area is 126 Å². The van der Waals surface area contributed by atoms with E-state index >= 15 is 0 Å². The molecule has 0 saturated heterocycles. The number of hydrogen-bond acceptors (Lipinski definition) is 4. The highest BCUT2D eigenvalue weighted by atomic mass is 16.5. The van der Waals surface area contributed by atoms with E-state index in [4.69, 9.17) is 4.74 Å². The fourth-order valence-corrected chi connectivity index (χ4v) is 1.78. The lowest BCUT2D eigenvalue weighted by Gasteiger charge is -2.10. The minimum absolute atomic E-state index is 0.0666. The fourth-order valence-electron chi connectivity index (χ4n) is 1.78. The van der Waals surface area contributed by atoms with Crippen molar-refractivity contribution in [1.82, 2.24) is 10.6 Å². The van der Waals surface area contributed by atoms with Gasteiger partial charge in [-0.2, -0.15) is 0 Å². The van der Waals surface area contributed by atoms with Crippen LogP contribution in [0.3, 0.4) is 0 Å². The third kappa shape index (κ3) is 6.99. The minimum Gasteiger partial charge on any atom is -0.504 e. The third-order valence-corrected chi connectivity index (χ3v) is 2.89. The first-order valence-electron chi connectivity index (χ1n) is 7.45. The first-order valence-corrected chi connectivity index (χ1v) is 7.45. The van der Waals surface area contributed by atoms with Crippen molar-refractivity contribution in [3.63, 3.8) is 0 Å². The number of rotatable bonds is 9. The van der Waals surface area contributed by atoms with Gasteiger partial charge in [-0.1, -0.05) is 19.9 Å². The van der Waals surface area contributed by atoms with E-state index in [2.05, 4.69) is 24.5 Å². The number of phenols is 1. The number of hydrogen-bond donors (Lipinski definition) is 3. The first kappa shape index (κ1) is 17.3. The molecule has 1 amide bonds. The Hall–Kier alpha value is -1.75. The van der Waals surface area contributed by atoms with Crippen LogP contribution in [0.5, 0.6) is 11.5 Å². The number of benzene rings is 1. The van der Waals surface area contributed by atoms with Crippen molar-refractivity contribution in [2.75, 3.05) is 19.7 Å². The molecule has 0 unspecified atom stereocenters. The van der Waals surface area contributed by atoms with Crippen molar-refractivity contribution in [3.05, 3.63) is 23.8 Å². The highest BCUT2D eigenvalue weighted by molar-refractivity contribution is 5.76. The molecule has 0 aliphatic carbocycles. The van der Waals surface area contributed by atoms with Gasteiger partial charge in [-0.15, -0.1) is 0 Å². The Kier molecular flexibility index (Phi) is 7.61. The molecule has 1 aromatic carbocycles. The quantitative estimate of drug-likeness (QED) is 0.610. The molecule has 0 aliphatic rings. The van der Waals surface area contributed by atoms with Crippen molar-refractivity contribution in [3.8, 4) is 11.5 Å². The molecule has 5 nitrogen and oxygen atoms in total. The van der Waals surface area contributed by atoms with Gasteiger partial charge in [0, 0.05) is 26.1 Å². The SMILES string of the molecule is CCOc1cc(CNCCC(=O)NCC(C)C)ccc1O. The number of carbonyl (C=O) groups is 1. The molecule has 0 saturated carbocycles. The largest absolute Gasteiger partial charge is 0.504 e. The Balaban J connectivity index is 2.29. The lowest BCUT2D eigenvalue weighted by atomic mass is 10.2. The van der Waals surface area contributed by atoms with E-state index in [9.17, 15) is 9.90 Å². The molecule has 0 aromatic heterocycles. The van der Waals surface area contributed by atoms with E-state index in [1.54, 1.807) is 6.07 Å². The zero-order chi connectivity index (χ0) is 15.7. The monoisotopic (exact) mass is 294 g/mol. The van der Waals surface area contributed by atoms with Crippen LogP contribution in [0.4, 0.5) is 0 Å². The van der Waals surface area contributed by atoms with Crippen molar-refractivity contribution >= 4 is 5.91 Å². The average Bonchev–Trinajstić information content (AvgIpc) is 2.45. The van der Waals surface area contributed by atoms with Gasteiger partial charge in [-0.05, 0) is 30.5 Å². The molecule has 21 heavy (non-hydrogen) atoms. The van der Waals surface area contributed by atoms with Crippen LogP contribution < -0.4 is 15.4 Å². The summed E-state index contributed by atoms with van der Waals surface area (Å²) in [6.07, 6.45) is 0.461. The van der Waals surface area contributed by atoms with Crippen LogP contribution in [0.1, 0.15) is 32.8 Å². The van der Waals surface area contributed by atoms with Gasteiger partial charge in [0.2, 0.25) is 5.91 Å². The van der Waals surface area contributed by atoms with Crippen LogP contribution in [-0.2, 0) is 11.3 Å². The van der Waals surface area contributed by atoms with Crippen LogP contribution in [0.15, 0.2) is 18.2 Å². The number of phenolic OH excluding ortho intramolecular Hbond substituents is 1. The molecule has 1 rings (SSSR count). The first-order chi connectivity index (χ1) is 10.0. The normalized spacial score (nSPS) is 10.7. The molecule has 0 radical (unpaired) electrons. The summed E-state index contributed by atoms with van der Waals surface area (Å²) >= 11 is 0. The van der Waals surface area contributed by atoms with Gasteiger partial charge in [0.25, 0.3) is 0 Å². The summed E-state index contributed by atoms with van der Waals surface area (Å²) in [6.45, 7) is 8.50. The van der Waals surface area contributed by atoms with Gasteiger partial charge in [-0.25, -0.2) is 0 Å². The standard InChI is InChI=1S/C16H26N2O3/c1-4-21-15-9-13(5-6-14(15)19)11-17-8-7-16(20)18-10-12(2)3/h5-6,9,12,17,19H,4,7-8,10-11H2,1-3H3,(H,18,20). The summed E-state index contributed by atoms with van der Waals surface area (Å²) in [4.78, 5) is 11.5. The summed E-state index contributed by atoms with van der Waals surface area (Å²) in [7, 11) is 0. The summed E-state index contributed by atoms with van der Waals surface area (Å²) in [5.41, 5.74) is 1.01. The average molecular weight is 294 g/mol. The summed E-state index contributed by atoms with van der Waals surface area (Å²) < 4.78 is 5.33. The molecule has 0 spiro atoms. The number of amides is 1. The topological polar surface area (TPSA) is 70.6 Å². The molecule has 118 valence electrons. The molecule has 1 aromatic rings. The van der Waals surface area contributed by atoms with Gasteiger partial charge in [-0.3, -0.25) is 4.79 Å². The molecular formula is C16H26N2O3. The van der Waals surface area contributed by atoms with E-state index in [0.717, 1.165) is 5.56 Å². The maximum absolute atomic E-state index is 11.5. The predicted molar refractivity (Wildman–Crippen MR) is 83.4 cm³/mol. The van der Waals surface area contributed by atoms with Crippen LogP contribution >= 0.6 is 0 Å². The highest BCUT2D eigenvalue weighted by Crippen LogP contribution is 2.26.